The van der Waals surface area contributed by atoms with Crippen LogP contribution in [0.2, 0.25) is 0 Å². The highest BCUT2D eigenvalue weighted by molar-refractivity contribution is 6.01. The molecule has 3 atom stereocenters. The van der Waals surface area contributed by atoms with Crippen molar-refractivity contribution >= 4 is 30.0 Å². The normalized spacial score (nSPS) is 19.6. The molecule has 1 aliphatic rings. The van der Waals surface area contributed by atoms with E-state index >= 15 is 0 Å². The van der Waals surface area contributed by atoms with Gasteiger partial charge in [-0.05, 0) is 60.5 Å². The molecule has 0 aromatic heterocycles. The van der Waals surface area contributed by atoms with Gasteiger partial charge >= 0.3 is 18.2 Å². The Hall–Kier alpha value is -3.22. The van der Waals surface area contributed by atoms with E-state index in [1.54, 1.807) is 41.5 Å². The number of halogens is 1. The number of hydrogen-bond acceptors (Lipinski definition) is 8. The van der Waals surface area contributed by atoms with Crippen molar-refractivity contribution in [3.05, 3.63) is 11.6 Å². The highest BCUT2D eigenvalue weighted by atomic mass is 19.1. The van der Waals surface area contributed by atoms with Crippen LogP contribution >= 0.6 is 0 Å². The number of amides is 3. The van der Waals surface area contributed by atoms with Crippen LogP contribution in [0.15, 0.2) is 16.6 Å². The van der Waals surface area contributed by atoms with E-state index in [4.69, 9.17) is 14.2 Å². The number of carbonyl (C=O) groups excluding carboxylic acids is 3. The molecule has 0 aliphatic heterocycles. The van der Waals surface area contributed by atoms with Gasteiger partial charge in [-0.3, -0.25) is 15.4 Å². The lowest BCUT2D eigenvalue weighted by atomic mass is 9.88. The average molecular weight is 545 g/mol. The average Bonchev–Trinajstić information content (AvgIpc) is 2.75. The van der Waals surface area contributed by atoms with Crippen LogP contribution in [0.5, 0.6) is 0 Å². The Morgan fingerprint density at radius 1 is 1.03 bits per heavy atom. The third kappa shape index (κ3) is 11.9. The first-order valence-electron chi connectivity index (χ1n) is 12.5. The van der Waals surface area contributed by atoms with Gasteiger partial charge in [0.2, 0.25) is 5.96 Å². The number of carboxylic acids is 1. The quantitative estimate of drug-likeness (QED) is 0.267. The maximum Gasteiger partial charge on any atom is 0.414 e. The monoisotopic (exact) mass is 544 g/mol. The predicted molar refractivity (Wildman–Crippen MR) is 137 cm³/mol. The minimum absolute atomic E-state index is 0.0608. The number of alkyl carbamates (subject to hydrolysis) is 2. The smallest absolute Gasteiger partial charge is 0.414 e. The molecule has 13 heteroatoms. The van der Waals surface area contributed by atoms with Gasteiger partial charge in [-0.2, -0.15) is 0 Å². The molecule has 4 N–H and O–H groups in total. The summed E-state index contributed by atoms with van der Waals surface area (Å²) in [5.41, 5.74) is -1.82. The van der Waals surface area contributed by atoms with E-state index in [1.807, 2.05) is 13.8 Å². The fourth-order valence-corrected chi connectivity index (χ4v) is 3.52. The summed E-state index contributed by atoms with van der Waals surface area (Å²) >= 11 is 0. The van der Waals surface area contributed by atoms with Gasteiger partial charge in [0.05, 0.1) is 24.3 Å². The van der Waals surface area contributed by atoms with Crippen molar-refractivity contribution in [3.8, 4) is 0 Å². The van der Waals surface area contributed by atoms with Gasteiger partial charge in [0.1, 0.15) is 11.2 Å². The molecule has 38 heavy (non-hydrogen) atoms. The van der Waals surface area contributed by atoms with Crippen LogP contribution in [-0.4, -0.2) is 77.3 Å². The van der Waals surface area contributed by atoms with Gasteiger partial charge < -0.3 is 24.6 Å². The number of alkyl halides is 1. The van der Waals surface area contributed by atoms with E-state index in [0.29, 0.717) is 12.8 Å². The number of carboxylic acid groups (broad SMARTS) is 1. The molecule has 1 rings (SSSR count). The molecule has 0 aromatic carbocycles. The number of nitrogens with zero attached hydrogens (tertiary/aromatic N) is 1. The summed E-state index contributed by atoms with van der Waals surface area (Å²) in [7, 11) is 0. The van der Waals surface area contributed by atoms with Crippen LogP contribution in [0.25, 0.3) is 0 Å². The summed E-state index contributed by atoms with van der Waals surface area (Å²) < 4.78 is 29.7. The Labute approximate surface area is 222 Å². The molecular formula is C25H41FN4O8. The summed E-state index contributed by atoms with van der Waals surface area (Å²) in [4.78, 5) is 53.3. The van der Waals surface area contributed by atoms with Crippen molar-refractivity contribution < 1.29 is 42.9 Å². The van der Waals surface area contributed by atoms with E-state index in [0.717, 1.165) is 0 Å². The van der Waals surface area contributed by atoms with Crippen LogP contribution in [0.1, 0.15) is 74.7 Å². The third-order valence-electron chi connectivity index (χ3n) is 5.08. The summed E-state index contributed by atoms with van der Waals surface area (Å²) in [5, 5.41) is 16.9. The van der Waals surface area contributed by atoms with Crippen molar-refractivity contribution in [1.29, 1.82) is 0 Å². The molecule has 0 saturated carbocycles. The molecule has 0 bridgehead atoms. The van der Waals surface area contributed by atoms with E-state index in [9.17, 15) is 28.7 Å². The number of guanidine groups is 1. The number of aliphatic carboxylic acids is 1. The second kappa shape index (κ2) is 14.1. The van der Waals surface area contributed by atoms with Gasteiger partial charge in [0.15, 0.2) is 6.67 Å². The van der Waals surface area contributed by atoms with Gasteiger partial charge in [-0.25, -0.2) is 23.8 Å². The summed E-state index contributed by atoms with van der Waals surface area (Å²) in [6, 6.07) is -2.10. The lowest BCUT2D eigenvalue weighted by Gasteiger charge is -2.36. The molecule has 12 nitrogen and oxygen atoms in total. The van der Waals surface area contributed by atoms with Gasteiger partial charge in [-0.1, -0.05) is 13.8 Å². The first-order valence-corrected chi connectivity index (χ1v) is 12.5. The van der Waals surface area contributed by atoms with Crippen molar-refractivity contribution in [2.45, 2.75) is 110 Å². The molecule has 0 aromatic rings. The predicted octanol–water partition coefficient (Wildman–Crippen LogP) is 3.20. The highest BCUT2D eigenvalue weighted by Crippen LogP contribution is 2.26. The Kier molecular flexibility index (Phi) is 12.2. The lowest BCUT2D eigenvalue weighted by Crippen LogP contribution is -2.55. The molecule has 0 fully saturated rings. The number of nitrogens with one attached hydrogen (secondary N) is 3. The number of carbonyl (C=O) groups is 4. The Balaban J connectivity index is 3.53. The second-order valence-corrected chi connectivity index (χ2v) is 10.8. The maximum absolute atomic E-state index is 13.2. The minimum atomic E-state index is -1.32. The molecule has 3 amide bonds. The zero-order chi connectivity index (χ0) is 29.3. The van der Waals surface area contributed by atoms with Crippen molar-refractivity contribution in [1.82, 2.24) is 16.0 Å². The van der Waals surface area contributed by atoms with Crippen LogP contribution < -0.4 is 16.0 Å². The summed E-state index contributed by atoms with van der Waals surface area (Å²) in [6.45, 7) is 12.3. The zero-order valence-electron chi connectivity index (χ0n) is 23.3. The van der Waals surface area contributed by atoms with Gasteiger partial charge in [-0.15, -0.1) is 0 Å². The topological polar surface area (TPSA) is 165 Å². The third-order valence-corrected chi connectivity index (χ3v) is 5.08. The van der Waals surface area contributed by atoms with E-state index in [1.165, 1.54) is 6.08 Å². The lowest BCUT2D eigenvalue weighted by molar-refractivity contribution is -0.133. The number of rotatable bonds is 8. The Morgan fingerprint density at radius 3 is 1.92 bits per heavy atom. The van der Waals surface area contributed by atoms with Crippen LogP contribution in [-0.2, 0) is 23.8 Å². The number of aliphatic imine (C=N–C) groups is 1. The fourth-order valence-electron chi connectivity index (χ4n) is 3.52. The molecular weight excluding hydrogens is 503 g/mol. The highest BCUT2D eigenvalue weighted by Gasteiger charge is 2.38. The summed E-state index contributed by atoms with van der Waals surface area (Å²) in [6.07, 6.45) is -0.814. The summed E-state index contributed by atoms with van der Waals surface area (Å²) in [5.74, 6) is -2.60. The number of ether oxygens (including phenoxy) is 3. The van der Waals surface area contributed by atoms with Crippen LogP contribution in [0.3, 0.4) is 0 Å². The Bertz CT molecular complexity index is 887. The first-order chi connectivity index (χ1) is 17.5. The van der Waals surface area contributed by atoms with E-state index in [2.05, 4.69) is 20.9 Å². The molecule has 0 saturated heterocycles. The van der Waals surface area contributed by atoms with Gasteiger partial charge in [0, 0.05) is 12.0 Å². The molecule has 0 radical (unpaired) electrons. The largest absolute Gasteiger partial charge is 0.478 e. The van der Waals surface area contributed by atoms with Crippen molar-refractivity contribution in [3.63, 3.8) is 0 Å². The van der Waals surface area contributed by atoms with Crippen molar-refractivity contribution in [2.75, 3.05) is 6.67 Å². The Morgan fingerprint density at radius 2 is 1.53 bits per heavy atom. The first kappa shape index (κ1) is 32.8. The molecule has 0 unspecified atom stereocenters. The molecule has 0 spiro atoms. The van der Waals surface area contributed by atoms with Crippen molar-refractivity contribution in [2.24, 2.45) is 4.99 Å². The number of hydrogen-bond donors (Lipinski definition) is 4. The zero-order valence-corrected chi connectivity index (χ0v) is 23.3. The van der Waals surface area contributed by atoms with E-state index in [-0.39, 0.29) is 18.1 Å². The van der Waals surface area contributed by atoms with Gasteiger partial charge in [0.25, 0.3) is 5.91 Å². The van der Waals surface area contributed by atoms with E-state index < -0.39 is 66.1 Å². The molecule has 216 valence electrons. The van der Waals surface area contributed by atoms with Crippen LogP contribution in [0, 0.1) is 0 Å². The minimum Gasteiger partial charge on any atom is -0.478 e. The second-order valence-electron chi connectivity index (χ2n) is 10.8. The maximum atomic E-state index is 13.2. The fraction of sp³-hybridized carbons (Fsp3) is 0.720. The van der Waals surface area contributed by atoms with Crippen LogP contribution in [0.4, 0.5) is 14.0 Å². The molecule has 0 heterocycles. The molecule has 1 aliphatic carbocycles. The standard InChI is InChI=1S/C25H41FN4O8/c1-9-15(10-2)36-17-12-14(20(32)33)11-16(19(17)28-18(31)13-26)27-21(29-22(34)37-24(3,4)5)30-23(35)38-25(6,7)8/h12,15-17,19H,9-11,13H2,1-8H3,(H,28,31)(H,32,33)(H2,27,29,30,34,35)/t16-,17+,19+/m0/s1. The SMILES string of the molecule is CCC(CC)O[C@@H]1C=C(C(=O)O)C[C@H](N=C(NC(=O)OC(C)(C)C)NC(=O)OC(C)(C)C)[C@H]1NC(=O)CF.